The fourth-order valence-electron chi connectivity index (χ4n) is 2.77. The Kier molecular flexibility index (Phi) is 4.80. The Bertz CT molecular complexity index is 756. The summed E-state index contributed by atoms with van der Waals surface area (Å²) in [4.78, 5) is 15.6. The second kappa shape index (κ2) is 6.87. The van der Waals surface area contributed by atoms with Gasteiger partial charge in [0.15, 0.2) is 0 Å². The third kappa shape index (κ3) is 4.01. The molecule has 1 aliphatic rings. The number of para-hydroxylation sites is 1. The van der Waals surface area contributed by atoms with E-state index in [4.69, 9.17) is 5.73 Å². The van der Waals surface area contributed by atoms with E-state index in [1.165, 1.54) is 12.1 Å². The Morgan fingerprint density at radius 3 is 2.44 bits per heavy atom. The first-order valence-corrected chi connectivity index (χ1v) is 8.43. The number of aromatic nitrogens is 2. The average molecular weight is 371 g/mol. The predicted octanol–water partition coefficient (Wildman–Crippen LogP) is 2.03. The van der Waals surface area contributed by atoms with Crippen LogP contribution in [0, 0.1) is 0 Å². The summed E-state index contributed by atoms with van der Waals surface area (Å²) >= 11 is 1.15. The van der Waals surface area contributed by atoms with Crippen LogP contribution in [0.2, 0.25) is 0 Å². The molecule has 0 radical (unpaired) electrons. The summed E-state index contributed by atoms with van der Waals surface area (Å²) < 4.78 is 39.4. The van der Waals surface area contributed by atoms with Gasteiger partial charge < -0.3 is 15.5 Å². The number of anilines is 2. The summed E-state index contributed by atoms with van der Waals surface area (Å²) in [6, 6.07) is 5.50. The van der Waals surface area contributed by atoms with Gasteiger partial charge in [0.1, 0.15) is 5.01 Å². The number of benzene rings is 1. The molecule has 0 atom stereocenters. The number of piperazine rings is 1. The van der Waals surface area contributed by atoms with Gasteiger partial charge in [0.05, 0.1) is 12.0 Å². The molecule has 2 N–H and O–H groups in total. The van der Waals surface area contributed by atoms with Gasteiger partial charge in [-0.25, -0.2) is 0 Å². The Balaban J connectivity index is 1.63. The summed E-state index contributed by atoms with van der Waals surface area (Å²) in [5.74, 6) is -0.125. The summed E-state index contributed by atoms with van der Waals surface area (Å²) in [6.07, 6.45) is -4.30. The van der Waals surface area contributed by atoms with E-state index in [2.05, 4.69) is 10.2 Å². The fraction of sp³-hybridized carbons (Fsp3) is 0.400. The molecular formula is C15H16F3N5OS. The molecule has 1 fully saturated rings. The molecule has 0 spiro atoms. The van der Waals surface area contributed by atoms with Crippen LogP contribution in [-0.4, -0.2) is 47.2 Å². The first-order chi connectivity index (χ1) is 11.8. The molecule has 6 nitrogen and oxygen atoms in total. The smallest absolute Gasteiger partial charge is 0.374 e. The molecule has 0 saturated carbocycles. The first kappa shape index (κ1) is 17.5. The highest BCUT2D eigenvalue weighted by Gasteiger charge is 2.35. The molecule has 1 saturated heterocycles. The molecule has 2 aromatic rings. The van der Waals surface area contributed by atoms with Gasteiger partial charge in [-0.05, 0) is 12.1 Å². The SMILES string of the molecule is Nc1nnc(CC(=O)N2CCN(c3ccccc3C(F)(F)F)CC2)s1. The van der Waals surface area contributed by atoms with E-state index in [-0.39, 0.29) is 18.0 Å². The zero-order chi connectivity index (χ0) is 18.0. The van der Waals surface area contributed by atoms with Gasteiger partial charge in [-0.15, -0.1) is 10.2 Å². The number of hydrogen-bond acceptors (Lipinski definition) is 6. The lowest BCUT2D eigenvalue weighted by Gasteiger charge is -2.37. The van der Waals surface area contributed by atoms with Crippen LogP contribution in [0.5, 0.6) is 0 Å². The topological polar surface area (TPSA) is 75.3 Å². The van der Waals surface area contributed by atoms with Crippen LogP contribution in [-0.2, 0) is 17.4 Å². The number of alkyl halides is 3. The number of nitrogens with zero attached hydrogens (tertiary/aromatic N) is 4. The molecule has 134 valence electrons. The van der Waals surface area contributed by atoms with Crippen molar-refractivity contribution in [2.45, 2.75) is 12.6 Å². The summed E-state index contributed by atoms with van der Waals surface area (Å²) in [5.41, 5.74) is 4.98. The maximum Gasteiger partial charge on any atom is 0.418 e. The average Bonchev–Trinajstić information content (AvgIpc) is 2.99. The van der Waals surface area contributed by atoms with Gasteiger partial charge >= 0.3 is 6.18 Å². The fourth-order valence-corrected chi connectivity index (χ4v) is 3.37. The van der Waals surface area contributed by atoms with Crippen molar-refractivity contribution in [1.82, 2.24) is 15.1 Å². The maximum absolute atomic E-state index is 13.1. The molecule has 0 aliphatic carbocycles. The van der Waals surface area contributed by atoms with Crippen LogP contribution in [0.4, 0.5) is 24.0 Å². The molecule has 2 heterocycles. The number of nitrogens with two attached hydrogens (primary N) is 1. The zero-order valence-electron chi connectivity index (χ0n) is 13.2. The van der Waals surface area contributed by atoms with Crippen LogP contribution in [0.25, 0.3) is 0 Å². The van der Waals surface area contributed by atoms with E-state index in [0.29, 0.717) is 36.3 Å². The number of carbonyl (C=O) groups is 1. The van der Waals surface area contributed by atoms with Gasteiger partial charge in [-0.1, -0.05) is 23.5 Å². The minimum Gasteiger partial charge on any atom is -0.374 e. The van der Waals surface area contributed by atoms with Gasteiger partial charge in [-0.2, -0.15) is 13.2 Å². The maximum atomic E-state index is 13.1. The van der Waals surface area contributed by atoms with Crippen LogP contribution in [0.3, 0.4) is 0 Å². The number of amides is 1. The van der Waals surface area contributed by atoms with E-state index in [1.807, 2.05) is 0 Å². The van der Waals surface area contributed by atoms with Crippen LogP contribution >= 0.6 is 11.3 Å². The highest BCUT2D eigenvalue weighted by atomic mass is 32.1. The molecule has 10 heteroatoms. The van der Waals surface area contributed by atoms with Crippen LogP contribution < -0.4 is 10.6 Å². The Morgan fingerprint density at radius 2 is 1.84 bits per heavy atom. The van der Waals surface area contributed by atoms with E-state index >= 15 is 0 Å². The number of halogens is 3. The number of carbonyl (C=O) groups excluding carboxylic acids is 1. The largest absolute Gasteiger partial charge is 0.418 e. The molecule has 3 rings (SSSR count). The molecule has 25 heavy (non-hydrogen) atoms. The van der Waals surface area contributed by atoms with Crippen molar-refractivity contribution in [1.29, 1.82) is 0 Å². The second-order valence-corrected chi connectivity index (χ2v) is 6.69. The van der Waals surface area contributed by atoms with Crippen LogP contribution in [0.1, 0.15) is 10.6 Å². The van der Waals surface area contributed by atoms with Gasteiger partial charge in [0.25, 0.3) is 0 Å². The second-order valence-electron chi connectivity index (χ2n) is 5.59. The normalized spacial score (nSPS) is 15.5. The number of rotatable bonds is 3. The Hall–Kier alpha value is -2.36. The summed E-state index contributed by atoms with van der Waals surface area (Å²) in [5, 5.41) is 8.31. The van der Waals surface area contributed by atoms with E-state index < -0.39 is 11.7 Å². The first-order valence-electron chi connectivity index (χ1n) is 7.61. The van der Waals surface area contributed by atoms with Crippen LogP contribution in [0.15, 0.2) is 24.3 Å². The monoisotopic (exact) mass is 371 g/mol. The molecule has 1 aromatic heterocycles. The molecule has 0 unspecified atom stereocenters. The summed E-state index contributed by atoms with van der Waals surface area (Å²) in [7, 11) is 0. The standard InChI is InChI=1S/C15H16F3N5OS/c16-15(17,18)10-3-1-2-4-11(10)22-5-7-23(8-6-22)13(24)9-12-20-21-14(19)25-12/h1-4H,5-9H2,(H2,19,21). The highest BCUT2D eigenvalue weighted by Crippen LogP contribution is 2.36. The molecule has 1 aromatic carbocycles. The lowest BCUT2D eigenvalue weighted by Crippen LogP contribution is -2.49. The number of hydrogen-bond donors (Lipinski definition) is 1. The quantitative estimate of drug-likeness (QED) is 0.894. The molecule has 1 amide bonds. The van der Waals surface area contributed by atoms with Gasteiger partial charge in [0, 0.05) is 31.9 Å². The van der Waals surface area contributed by atoms with Gasteiger partial charge in [-0.3, -0.25) is 4.79 Å². The minimum atomic E-state index is -4.40. The van der Waals surface area contributed by atoms with Crippen molar-refractivity contribution in [2.24, 2.45) is 0 Å². The van der Waals surface area contributed by atoms with E-state index in [1.54, 1.807) is 15.9 Å². The highest BCUT2D eigenvalue weighted by molar-refractivity contribution is 7.15. The van der Waals surface area contributed by atoms with Crippen molar-refractivity contribution in [3.05, 3.63) is 34.8 Å². The third-order valence-electron chi connectivity index (χ3n) is 3.97. The van der Waals surface area contributed by atoms with Crippen molar-refractivity contribution >= 4 is 28.1 Å². The van der Waals surface area contributed by atoms with Crippen molar-refractivity contribution in [3.8, 4) is 0 Å². The third-order valence-corrected chi connectivity index (χ3v) is 4.72. The molecule has 0 bridgehead atoms. The molecular weight excluding hydrogens is 355 g/mol. The predicted molar refractivity (Wildman–Crippen MR) is 88.3 cm³/mol. The van der Waals surface area contributed by atoms with Gasteiger partial charge in [0.2, 0.25) is 11.0 Å². The minimum absolute atomic E-state index is 0.105. The lowest BCUT2D eigenvalue weighted by atomic mass is 10.1. The van der Waals surface area contributed by atoms with E-state index in [0.717, 1.165) is 17.4 Å². The van der Waals surface area contributed by atoms with Crippen molar-refractivity contribution in [2.75, 3.05) is 36.8 Å². The van der Waals surface area contributed by atoms with Crippen molar-refractivity contribution < 1.29 is 18.0 Å². The Labute approximate surface area is 146 Å². The number of nitrogen functional groups attached to an aromatic ring is 1. The lowest BCUT2D eigenvalue weighted by molar-refractivity contribution is -0.137. The Morgan fingerprint density at radius 1 is 1.16 bits per heavy atom. The van der Waals surface area contributed by atoms with E-state index in [9.17, 15) is 18.0 Å². The van der Waals surface area contributed by atoms with Crippen molar-refractivity contribution in [3.63, 3.8) is 0 Å². The molecule has 1 aliphatic heterocycles. The summed E-state index contributed by atoms with van der Waals surface area (Å²) in [6.45, 7) is 1.41. The zero-order valence-corrected chi connectivity index (χ0v) is 14.0.